The van der Waals surface area contributed by atoms with Crippen molar-refractivity contribution in [3.8, 4) is 0 Å². The maximum absolute atomic E-state index is 11.1. The highest BCUT2D eigenvalue weighted by Gasteiger charge is 2.29. The monoisotopic (exact) mass is 470 g/mol. The minimum absolute atomic E-state index is 0.0762. The molecule has 0 heterocycles. The van der Waals surface area contributed by atoms with Gasteiger partial charge in [-0.3, -0.25) is 14.4 Å². The Balaban J connectivity index is 4.16. The number of carboxylic acids is 3. The molecule has 0 aromatic carbocycles. The molecule has 0 atom stereocenters. The average Bonchev–Trinajstić information content (AvgIpc) is 2.76. The molecule has 0 rings (SSSR count). The van der Waals surface area contributed by atoms with Gasteiger partial charge in [0, 0.05) is 0 Å². The molecule has 0 amide bonds. The number of carbonyl (C=O) groups is 3. The van der Waals surface area contributed by atoms with Crippen molar-refractivity contribution < 1.29 is 34.2 Å². The van der Waals surface area contributed by atoms with E-state index in [1.54, 1.807) is 0 Å². The van der Waals surface area contributed by atoms with Crippen LogP contribution in [-0.2, 0) is 14.4 Å². The normalized spacial score (nSPS) is 11.8. The second-order valence-corrected chi connectivity index (χ2v) is 9.25. The van der Waals surface area contributed by atoms with E-state index < -0.39 is 17.9 Å². The van der Waals surface area contributed by atoms with Crippen LogP contribution in [0.5, 0.6) is 0 Å². The average molecular weight is 471 g/mol. The molecular weight excluding hydrogens is 422 g/mol. The summed E-state index contributed by atoms with van der Waals surface area (Å²) in [5.41, 5.74) is 0. The summed E-state index contributed by atoms with van der Waals surface area (Å²) < 4.78 is 0.261. The van der Waals surface area contributed by atoms with Crippen molar-refractivity contribution in [2.45, 2.75) is 110 Å². The SMILES string of the molecule is CCCCC/C=C/CCCCCCCCCC[N+](CCC(=O)O)(CCC(=O)O)CCC(=O)O. The van der Waals surface area contributed by atoms with E-state index in [-0.39, 0.29) is 43.4 Å². The van der Waals surface area contributed by atoms with Gasteiger partial charge in [0.15, 0.2) is 0 Å². The summed E-state index contributed by atoms with van der Waals surface area (Å²) in [7, 11) is 0. The number of carboxylic acid groups (broad SMARTS) is 3. The van der Waals surface area contributed by atoms with Gasteiger partial charge >= 0.3 is 17.9 Å². The van der Waals surface area contributed by atoms with E-state index in [2.05, 4.69) is 19.1 Å². The number of rotatable bonds is 24. The van der Waals surface area contributed by atoms with Crippen molar-refractivity contribution >= 4 is 17.9 Å². The van der Waals surface area contributed by atoms with Crippen LogP contribution in [0, 0.1) is 0 Å². The van der Waals surface area contributed by atoms with Crippen molar-refractivity contribution in [3.63, 3.8) is 0 Å². The smallest absolute Gasteiger partial charge is 0.309 e. The number of hydrogen-bond acceptors (Lipinski definition) is 3. The molecule has 33 heavy (non-hydrogen) atoms. The Morgan fingerprint density at radius 2 is 0.909 bits per heavy atom. The Hall–Kier alpha value is -1.89. The van der Waals surface area contributed by atoms with Gasteiger partial charge in [-0.05, 0) is 38.5 Å². The van der Waals surface area contributed by atoms with Crippen molar-refractivity contribution in [1.29, 1.82) is 0 Å². The number of unbranched alkanes of at least 4 members (excludes halogenated alkanes) is 11. The molecular formula is C26H48NO6+. The van der Waals surface area contributed by atoms with E-state index in [1.165, 1.54) is 64.2 Å². The number of hydrogen-bond donors (Lipinski definition) is 3. The fourth-order valence-electron chi connectivity index (χ4n) is 4.19. The number of allylic oxidation sites excluding steroid dienone is 2. The zero-order valence-electron chi connectivity index (χ0n) is 20.8. The lowest BCUT2D eigenvalue weighted by Gasteiger charge is -2.38. The molecule has 0 aliphatic rings. The lowest BCUT2D eigenvalue weighted by atomic mass is 10.1. The first-order valence-corrected chi connectivity index (χ1v) is 13.0. The van der Waals surface area contributed by atoms with Gasteiger partial charge in [-0.15, -0.1) is 0 Å². The van der Waals surface area contributed by atoms with Gasteiger partial charge in [0.1, 0.15) is 0 Å². The summed E-state index contributed by atoms with van der Waals surface area (Å²) in [5, 5.41) is 27.3. The van der Waals surface area contributed by atoms with Gasteiger partial charge < -0.3 is 19.8 Å². The molecule has 0 saturated carbocycles. The van der Waals surface area contributed by atoms with Crippen molar-refractivity contribution in [1.82, 2.24) is 0 Å². The van der Waals surface area contributed by atoms with Crippen LogP contribution in [0.3, 0.4) is 0 Å². The molecule has 0 aliphatic heterocycles. The van der Waals surface area contributed by atoms with Crippen molar-refractivity contribution in [3.05, 3.63) is 12.2 Å². The molecule has 0 unspecified atom stereocenters. The third-order valence-corrected chi connectivity index (χ3v) is 6.29. The minimum Gasteiger partial charge on any atom is -0.481 e. The largest absolute Gasteiger partial charge is 0.481 e. The zero-order chi connectivity index (χ0) is 24.8. The standard InChI is InChI=1S/C26H47NO6/c1-2-3-4-5-6-7-8-9-10-11-12-13-14-15-16-20-27(21-17-24(28)29,22-18-25(30)31)23-19-26(32)33/h6-7H,2-5,8-23H2,1H3,(H2-,28,29,30,31,32,33)/p+1/b7-6+. The van der Waals surface area contributed by atoms with Crippen LogP contribution in [0.4, 0.5) is 0 Å². The topological polar surface area (TPSA) is 112 Å². The van der Waals surface area contributed by atoms with Crippen LogP contribution >= 0.6 is 0 Å². The Bertz CT molecular complexity index is 515. The molecule has 0 spiro atoms. The molecule has 0 fully saturated rings. The van der Waals surface area contributed by atoms with Gasteiger partial charge in [0.2, 0.25) is 0 Å². The number of aliphatic carboxylic acids is 3. The quantitative estimate of drug-likeness (QED) is 0.0923. The second-order valence-electron chi connectivity index (χ2n) is 9.25. The fraction of sp³-hybridized carbons (Fsp3) is 0.808. The lowest BCUT2D eigenvalue weighted by molar-refractivity contribution is -0.927. The molecule has 0 aliphatic carbocycles. The summed E-state index contributed by atoms with van der Waals surface area (Å²) in [6, 6.07) is 0. The highest BCUT2D eigenvalue weighted by atomic mass is 16.4. The third-order valence-electron chi connectivity index (χ3n) is 6.29. The van der Waals surface area contributed by atoms with Crippen molar-refractivity contribution in [2.75, 3.05) is 26.2 Å². The summed E-state index contributed by atoms with van der Waals surface area (Å²) in [6.45, 7) is 3.71. The van der Waals surface area contributed by atoms with Crippen LogP contribution in [0.2, 0.25) is 0 Å². The summed E-state index contributed by atoms with van der Waals surface area (Å²) in [4.78, 5) is 33.3. The molecule has 0 bridgehead atoms. The van der Waals surface area contributed by atoms with E-state index in [1.807, 2.05) is 0 Å². The molecule has 0 radical (unpaired) electrons. The van der Waals surface area contributed by atoms with E-state index in [4.69, 9.17) is 15.3 Å². The Morgan fingerprint density at radius 3 is 1.30 bits per heavy atom. The van der Waals surface area contributed by atoms with Crippen molar-refractivity contribution in [2.24, 2.45) is 0 Å². The Morgan fingerprint density at radius 1 is 0.545 bits per heavy atom. The van der Waals surface area contributed by atoms with Crippen LogP contribution in [0.1, 0.15) is 110 Å². The summed E-state index contributed by atoms with van der Waals surface area (Å²) >= 11 is 0. The van der Waals surface area contributed by atoms with Gasteiger partial charge in [0.05, 0.1) is 45.4 Å². The zero-order valence-corrected chi connectivity index (χ0v) is 20.8. The van der Waals surface area contributed by atoms with E-state index in [0.717, 1.165) is 19.3 Å². The molecule has 0 aromatic heterocycles. The lowest BCUT2D eigenvalue weighted by Crippen LogP contribution is -2.52. The Labute approximate surface area is 200 Å². The van der Waals surface area contributed by atoms with E-state index in [9.17, 15) is 14.4 Å². The van der Waals surface area contributed by atoms with E-state index in [0.29, 0.717) is 6.54 Å². The fourth-order valence-corrected chi connectivity index (χ4v) is 4.19. The van der Waals surface area contributed by atoms with Crippen LogP contribution in [0.25, 0.3) is 0 Å². The first kappa shape index (κ1) is 31.1. The minimum atomic E-state index is -0.935. The number of nitrogens with zero attached hydrogens (tertiary/aromatic N) is 1. The highest BCUT2D eigenvalue weighted by Crippen LogP contribution is 2.17. The van der Waals surface area contributed by atoms with Gasteiger partial charge in [-0.2, -0.15) is 0 Å². The second kappa shape index (κ2) is 20.7. The summed E-state index contributed by atoms with van der Waals surface area (Å²) in [6.07, 6.45) is 19.8. The van der Waals surface area contributed by atoms with Gasteiger partial charge in [-0.1, -0.05) is 64.0 Å². The molecule has 7 heteroatoms. The third kappa shape index (κ3) is 20.4. The molecule has 192 valence electrons. The first-order valence-electron chi connectivity index (χ1n) is 13.0. The van der Waals surface area contributed by atoms with Gasteiger partial charge in [0.25, 0.3) is 0 Å². The number of quaternary nitrogens is 1. The molecule has 7 nitrogen and oxygen atoms in total. The van der Waals surface area contributed by atoms with E-state index >= 15 is 0 Å². The highest BCUT2D eigenvalue weighted by molar-refractivity contribution is 5.67. The Kier molecular flexibility index (Phi) is 19.5. The maximum atomic E-state index is 11.1. The van der Waals surface area contributed by atoms with Gasteiger partial charge in [-0.25, -0.2) is 0 Å². The molecule has 0 saturated heterocycles. The maximum Gasteiger partial charge on any atom is 0.309 e. The molecule has 0 aromatic rings. The predicted molar refractivity (Wildman–Crippen MR) is 131 cm³/mol. The van der Waals surface area contributed by atoms with Crippen LogP contribution in [0.15, 0.2) is 12.2 Å². The predicted octanol–water partition coefficient (Wildman–Crippen LogP) is 5.87. The van der Waals surface area contributed by atoms with Crippen LogP contribution in [-0.4, -0.2) is 63.9 Å². The van der Waals surface area contributed by atoms with Crippen LogP contribution < -0.4 is 0 Å². The first-order chi connectivity index (χ1) is 15.8. The molecule has 3 N–H and O–H groups in total. The summed E-state index contributed by atoms with van der Waals surface area (Å²) in [5.74, 6) is -2.81.